The van der Waals surface area contributed by atoms with Crippen LogP contribution < -0.4 is 9.47 Å². The van der Waals surface area contributed by atoms with Crippen molar-refractivity contribution in [1.82, 2.24) is 9.55 Å². The molecule has 2 heterocycles. The molecule has 2 aliphatic carbocycles. The largest absolute Gasteiger partial charge is 0.496 e. The lowest BCUT2D eigenvalue weighted by molar-refractivity contribution is 0.419. The van der Waals surface area contributed by atoms with Crippen LogP contribution in [0, 0.1) is 13.8 Å². The summed E-state index contributed by atoms with van der Waals surface area (Å²) in [5, 5.41) is 2.48. The molecule has 0 saturated heterocycles. The number of aryl methyl sites for hydroxylation is 6. The summed E-state index contributed by atoms with van der Waals surface area (Å²) in [4.78, 5) is 3.45. The van der Waals surface area contributed by atoms with Crippen molar-refractivity contribution in [2.45, 2.75) is 58.9 Å². The number of hydrogen-bond acceptors (Lipinski definition) is 2. The summed E-state index contributed by atoms with van der Waals surface area (Å²) in [6.07, 6.45) is 7.26. The Bertz CT molecular complexity index is 1660. The Balaban J connectivity index is 0.000000152. The highest BCUT2D eigenvalue weighted by molar-refractivity contribution is 9.10. The summed E-state index contributed by atoms with van der Waals surface area (Å²) in [5.74, 6) is 2.02. The van der Waals surface area contributed by atoms with E-state index in [1.54, 1.807) is 14.2 Å². The molecule has 5 heteroatoms. The first-order valence-corrected chi connectivity index (χ1v) is 14.4. The topological polar surface area (TPSA) is 39.2 Å². The van der Waals surface area contributed by atoms with Crippen molar-refractivity contribution in [3.63, 3.8) is 0 Å². The quantitative estimate of drug-likeness (QED) is 0.236. The number of nitrogens with zero attached hydrogens (tertiary/aromatic N) is 1. The third-order valence-electron chi connectivity index (χ3n) is 8.23. The van der Waals surface area contributed by atoms with Crippen LogP contribution in [-0.4, -0.2) is 23.8 Å². The van der Waals surface area contributed by atoms with Crippen LogP contribution >= 0.6 is 15.9 Å². The van der Waals surface area contributed by atoms with Crippen molar-refractivity contribution in [1.29, 1.82) is 0 Å². The molecule has 1 N–H and O–H groups in total. The van der Waals surface area contributed by atoms with Crippen LogP contribution in [0.15, 0.2) is 53.0 Å². The van der Waals surface area contributed by atoms with Crippen molar-refractivity contribution in [3.8, 4) is 11.5 Å². The number of aromatic amines is 1. The first-order chi connectivity index (χ1) is 18.5. The molecule has 0 unspecified atom stereocenters. The van der Waals surface area contributed by atoms with Crippen LogP contribution in [0.2, 0.25) is 0 Å². The monoisotopic (exact) mass is 570 g/mol. The highest BCUT2D eigenvalue weighted by Gasteiger charge is 2.22. The Morgan fingerprint density at radius 3 is 2.18 bits per heavy atom. The van der Waals surface area contributed by atoms with Gasteiger partial charge in [-0.15, -0.1) is 0 Å². The number of benzene rings is 3. The summed E-state index contributed by atoms with van der Waals surface area (Å²) in [5.41, 5.74) is 12.4. The lowest BCUT2D eigenvalue weighted by atomic mass is 10.1. The van der Waals surface area contributed by atoms with E-state index in [9.17, 15) is 0 Å². The molecule has 0 aliphatic heterocycles. The van der Waals surface area contributed by atoms with Crippen LogP contribution in [0.5, 0.6) is 11.5 Å². The maximum atomic E-state index is 5.67. The smallest absolute Gasteiger partial charge is 0.128 e. The van der Waals surface area contributed by atoms with Gasteiger partial charge in [-0.1, -0.05) is 34.1 Å². The predicted molar refractivity (Wildman–Crippen MR) is 160 cm³/mol. The second-order valence-electron chi connectivity index (χ2n) is 10.6. The van der Waals surface area contributed by atoms with Gasteiger partial charge in [-0.3, -0.25) is 0 Å². The van der Waals surface area contributed by atoms with Gasteiger partial charge in [-0.05, 0) is 111 Å². The molecule has 0 spiro atoms. The molecule has 7 rings (SSSR count). The van der Waals surface area contributed by atoms with Crippen molar-refractivity contribution in [2.24, 2.45) is 0 Å². The number of rotatable bonds is 4. The van der Waals surface area contributed by atoms with Gasteiger partial charge in [-0.25, -0.2) is 0 Å². The van der Waals surface area contributed by atoms with Gasteiger partial charge in [0.25, 0.3) is 0 Å². The Morgan fingerprint density at radius 1 is 0.816 bits per heavy atom. The molecule has 2 aliphatic rings. The fourth-order valence-electron chi connectivity index (χ4n) is 6.43. The van der Waals surface area contributed by atoms with Crippen LogP contribution in [0.1, 0.15) is 52.0 Å². The first kappa shape index (κ1) is 25.1. The minimum Gasteiger partial charge on any atom is -0.496 e. The number of ether oxygens (including phenoxy) is 2. The Morgan fingerprint density at radius 2 is 1.47 bits per heavy atom. The zero-order chi connectivity index (χ0) is 26.4. The normalized spacial score (nSPS) is 13.9. The minimum absolute atomic E-state index is 0.885. The molecule has 5 aromatic rings. The van der Waals surface area contributed by atoms with E-state index in [0.29, 0.717) is 0 Å². The van der Waals surface area contributed by atoms with Gasteiger partial charge < -0.3 is 19.0 Å². The maximum absolute atomic E-state index is 5.67. The van der Waals surface area contributed by atoms with E-state index in [-0.39, 0.29) is 0 Å². The van der Waals surface area contributed by atoms with Gasteiger partial charge >= 0.3 is 0 Å². The van der Waals surface area contributed by atoms with Crippen LogP contribution in [0.3, 0.4) is 0 Å². The van der Waals surface area contributed by atoms with Crippen molar-refractivity contribution < 1.29 is 9.47 Å². The van der Waals surface area contributed by atoms with Crippen LogP contribution in [0.4, 0.5) is 0 Å². The third kappa shape index (κ3) is 4.31. The fourth-order valence-corrected chi connectivity index (χ4v) is 6.84. The second-order valence-corrected chi connectivity index (χ2v) is 11.5. The van der Waals surface area contributed by atoms with Crippen molar-refractivity contribution in [2.75, 3.05) is 14.2 Å². The number of aromatic nitrogens is 2. The summed E-state index contributed by atoms with van der Waals surface area (Å²) in [7, 11) is 3.52. The number of methoxy groups -OCH3 is 2. The molecule has 2 aromatic heterocycles. The van der Waals surface area contributed by atoms with Gasteiger partial charge in [0.2, 0.25) is 0 Å². The summed E-state index contributed by atoms with van der Waals surface area (Å²) in [6, 6.07) is 17.4. The lowest BCUT2D eigenvalue weighted by Crippen LogP contribution is -2.04. The van der Waals surface area contributed by atoms with E-state index in [1.807, 2.05) is 0 Å². The molecular weight excluding hydrogens is 536 g/mol. The van der Waals surface area contributed by atoms with Gasteiger partial charge in [0.1, 0.15) is 11.5 Å². The molecule has 4 nitrogen and oxygen atoms in total. The van der Waals surface area contributed by atoms with E-state index in [0.717, 1.165) is 18.0 Å². The van der Waals surface area contributed by atoms with E-state index >= 15 is 0 Å². The molecule has 0 bridgehead atoms. The first-order valence-electron chi connectivity index (χ1n) is 13.6. The number of nitrogens with one attached hydrogen (secondary N) is 1. The highest BCUT2D eigenvalue weighted by atomic mass is 79.9. The SMILES string of the molecule is COc1cc2c(c3[nH]c(C)cc13)CCC2.COc1cc2c(c3c1cc(C)n3Cc1ccccc1Br)CCC2. The average Bonchev–Trinajstić information content (AvgIpc) is 3.70. The highest BCUT2D eigenvalue weighted by Crippen LogP contribution is 2.39. The second kappa shape index (κ2) is 10.2. The molecule has 3 aromatic carbocycles. The van der Waals surface area contributed by atoms with Gasteiger partial charge in [0.15, 0.2) is 0 Å². The predicted octanol–water partition coefficient (Wildman–Crippen LogP) is 8.23. The summed E-state index contributed by atoms with van der Waals surface area (Å²) < 4.78 is 14.7. The molecule has 38 heavy (non-hydrogen) atoms. The Kier molecular flexibility index (Phi) is 6.73. The fraction of sp³-hybridized carbons (Fsp3) is 0.333. The number of halogens is 1. The van der Waals surface area contributed by atoms with Gasteiger partial charge in [-0.2, -0.15) is 0 Å². The average molecular weight is 572 g/mol. The minimum atomic E-state index is 0.885. The van der Waals surface area contributed by atoms with Crippen LogP contribution in [0.25, 0.3) is 21.8 Å². The van der Waals surface area contributed by atoms with Crippen molar-refractivity contribution in [3.05, 3.63) is 92.2 Å². The Labute approximate surface area is 233 Å². The summed E-state index contributed by atoms with van der Waals surface area (Å²) in [6.45, 7) is 5.18. The third-order valence-corrected chi connectivity index (χ3v) is 9.01. The van der Waals surface area contributed by atoms with Gasteiger partial charge in [0.05, 0.1) is 25.3 Å². The summed E-state index contributed by atoms with van der Waals surface area (Å²) >= 11 is 3.68. The van der Waals surface area contributed by atoms with E-state index < -0.39 is 0 Å². The zero-order valence-corrected chi connectivity index (χ0v) is 24.3. The van der Waals surface area contributed by atoms with E-state index in [1.165, 1.54) is 104 Å². The lowest BCUT2D eigenvalue weighted by Gasteiger charge is -2.14. The molecule has 0 radical (unpaired) electrons. The maximum Gasteiger partial charge on any atom is 0.128 e. The number of hydrogen-bond donors (Lipinski definition) is 1. The van der Waals surface area contributed by atoms with Gasteiger partial charge in [0, 0.05) is 33.2 Å². The molecule has 0 atom stereocenters. The van der Waals surface area contributed by atoms with Crippen LogP contribution in [-0.2, 0) is 32.2 Å². The van der Waals surface area contributed by atoms with E-state index in [2.05, 4.69) is 87.9 Å². The molecule has 0 saturated carbocycles. The zero-order valence-electron chi connectivity index (χ0n) is 22.7. The van der Waals surface area contributed by atoms with Crippen molar-refractivity contribution >= 4 is 37.7 Å². The molecule has 0 amide bonds. The number of fused-ring (bicyclic) bond motifs is 6. The standard InChI is InChI=1S/C20H20BrNO.C13H15NO/c1-13-10-17-19(23-2)11-14-7-5-8-16(14)20(17)22(13)12-15-6-3-4-9-18(15)21;1-8-6-11-12(15-2)7-9-4-3-5-10(9)13(11)14-8/h3-4,6,9-11H,5,7-8,12H2,1-2H3;6-7,14H,3-5H2,1-2H3. The molecule has 196 valence electrons. The van der Waals surface area contributed by atoms with E-state index in [4.69, 9.17) is 9.47 Å². The molecular formula is C33H35BrN2O2. The Hall–Kier alpha value is -3.18. The number of H-pyrrole nitrogens is 1. The molecule has 0 fully saturated rings.